The number of ether oxygens (including phenoxy) is 2. The fourth-order valence-corrected chi connectivity index (χ4v) is 1.99. The minimum absolute atomic E-state index is 0.154. The highest BCUT2D eigenvalue weighted by molar-refractivity contribution is 6.15. The Balaban J connectivity index is 2.31. The van der Waals surface area contributed by atoms with E-state index in [1.807, 2.05) is 0 Å². The Morgan fingerprint density at radius 3 is 2.17 bits per heavy atom. The Labute approximate surface area is 134 Å². The zero-order chi connectivity index (χ0) is 18.3. The van der Waals surface area contributed by atoms with Gasteiger partial charge in [-0.1, -0.05) is 0 Å². The molecule has 1 saturated heterocycles. The van der Waals surface area contributed by atoms with Crippen LogP contribution in [-0.2, 0) is 25.2 Å². The molecule has 0 spiro atoms. The van der Waals surface area contributed by atoms with E-state index in [2.05, 4.69) is 5.32 Å². The summed E-state index contributed by atoms with van der Waals surface area (Å²) in [5.74, 6) is -4.79. The van der Waals surface area contributed by atoms with Crippen molar-refractivity contribution in [3.63, 3.8) is 0 Å². The molecule has 1 aliphatic heterocycles. The lowest BCUT2D eigenvalue weighted by Crippen LogP contribution is -2.42. The van der Waals surface area contributed by atoms with E-state index in [-0.39, 0.29) is 11.3 Å². The third-order valence-electron chi connectivity index (χ3n) is 3.06. The van der Waals surface area contributed by atoms with Gasteiger partial charge in [-0.05, 0) is 24.6 Å². The second-order valence-corrected chi connectivity index (χ2v) is 5.53. The van der Waals surface area contributed by atoms with Gasteiger partial charge in [0.1, 0.15) is 5.82 Å². The molecular weight excluding hydrogens is 334 g/mol. The molecule has 0 radical (unpaired) electrons. The van der Waals surface area contributed by atoms with E-state index in [0.717, 1.165) is 19.2 Å². The molecule has 2 rings (SSSR count). The molecule has 1 aromatic rings. The van der Waals surface area contributed by atoms with Gasteiger partial charge in [-0.15, -0.1) is 0 Å². The third-order valence-corrected chi connectivity index (χ3v) is 3.06. The smallest absolute Gasteiger partial charge is 0.419 e. The number of halogens is 4. The number of alkyl halides is 3. The minimum atomic E-state index is -4.88. The van der Waals surface area contributed by atoms with E-state index in [1.54, 1.807) is 0 Å². The lowest BCUT2D eigenvalue weighted by Gasteiger charge is -2.29. The molecule has 0 aliphatic carbocycles. The molecule has 0 bridgehead atoms. The maximum Gasteiger partial charge on any atom is 0.419 e. The first-order chi connectivity index (χ1) is 10.9. The maximum atomic E-state index is 13.6. The van der Waals surface area contributed by atoms with Crippen LogP contribution in [0.3, 0.4) is 0 Å². The van der Waals surface area contributed by atoms with Gasteiger partial charge in [-0.3, -0.25) is 0 Å². The van der Waals surface area contributed by atoms with Gasteiger partial charge in [0.15, 0.2) is 5.57 Å². The Kier molecular flexibility index (Phi) is 4.30. The van der Waals surface area contributed by atoms with Crippen molar-refractivity contribution in [1.29, 1.82) is 0 Å². The fourth-order valence-electron chi connectivity index (χ4n) is 1.99. The molecule has 1 N–H and O–H groups in total. The van der Waals surface area contributed by atoms with Crippen molar-refractivity contribution in [3.8, 4) is 0 Å². The number of anilines is 1. The van der Waals surface area contributed by atoms with Crippen LogP contribution in [-0.4, -0.2) is 17.7 Å². The number of cyclic esters (lactones) is 2. The topological polar surface area (TPSA) is 64.6 Å². The number of hydrogen-bond donors (Lipinski definition) is 1. The summed E-state index contributed by atoms with van der Waals surface area (Å²) in [4.78, 5) is 23.4. The van der Waals surface area contributed by atoms with Gasteiger partial charge >= 0.3 is 18.1 Å². The zero-order valence-electron chi connectivity index (χ0n) is 12.9. The van der Waals surface area contributed by atoms with Crippen molar-refractivity contribution < 1.29 is 36.6 Å². The van der Waals surface area contributed by atoms with Gasteiger partial charge in [0.25, 0.3) is 5.79 Å². The van der Waals surface area contributed by atoms with Gasteiger partial charge in [0.05, 0.1) is 5.56 Å². The summed E-state index contributed by atoms with van der Waals surface area (Å²) in [7, 11) is 0. The normalized spacial score (nSPS) is 17.2. The molecule has 1 heterocycles. The van der Waals surface area contributed by atoms with E-state index >= 15 is 0 Å². The Morgan fingerprint density at radius 1 is 1.12 bits per heavy atom. The van der Waals surface area contributed by atoms with Crippen molar-refractivity contribution >= 4 is 17.6 Å². The number of esters is 2. The summed E-state index contributed by atoms with van der Waals surface area (Å²) in [6.45, 7) is 3.87. The monoisotopic (exact) mass is 347 g/mol. The van der Waals surface area contributed by atoms with Crippen LogP contribution in [0.1, 0.15) is 25.0 Å². The number of hydrogen-bond acceptors (Lipinski definition) is 5. The highest BCUT2D eigenvalue weighted by Crippen LogP contribution is 2.34. The van der Waals surface area contributed by atoms with E-state index in [1.165, 1.54) is 13.8 Å². The Morgan fingerprint density at radius 2 is 1.67 bits per heavy atom. The zero-order valence-corrected chi connectivity index (χ0v) is 12.9. The number of aryl methyl sites for hydroxylation is 1. The highest BCUT2D eigenvalue weighted by atomic mass is 19.4. The molecule has 0 aromatic heterocycles. The van der Waals surface area contributed by atoms with Crippen LogP contribution in [0.15, 0.2) is 23.9 Å². The summed E-state index contributed by atoms with van der Waals surface area (Å²) in [5, 5.41) is 2.35. The summed E-state index contributed by atoms with van der Waals surface area (Å²) in [5.41, 5.74) is -2.39. The average molecular weight is 347 g/mol. The average Bonchev–Trinajstić information content (AvgIpc) is 2.38. The number of carbonyl (C=O) groups is 2. The first kappa shape index (κ1) is 17.8. The summed E-state index contributed by atoms with van der Waals surface area (Å²) >= 11 is 0. The molecule has 1 fully saturated rings. The lowest BCUT2D eigenvalue weighted by molar-refractivity contribution is -0.222. The number of carbonyl (C=O) groups excluding carboxylic acids is 2. The first-order valence-corrected chi connectivity index (χ1v) is 6.71. The first-order valence-electron chi connectivity index (χ1n) is 6.71. The number of benzene rings is 1. The lowest BCUT2D eigenvalue weighted by atomic mass is 10.1. The Bertz CT molecular complexity index is 716. The van der Waals surface area contributed by atoms with Gasteiger partial charge in [0.2, 0.25) is 0 Å². The van der Waals surface area contributed by atoms with E-state index in [4.69, 9.17) is 9.47 Å². The minimum Gasteiger partial charge on any atom is -0.419 e. The summed E-state index contributed by atoms with van der Waals surface area (Å²) in [6, 6.07) is 1.63. The second kappa shape index (κ2) is 5.81. The highest BCUT2D eigenvalue weighted by Gasteiger charge is 2.39. The molecule has 24 heavy (non-hydrogen) atoms. The van der Waals surface area contributed by atoms with Crippen molar-refractivity contribution in [2.45, 2.75) is 32.7 Å². The predicted molar refractivity (Wildman–Crippen MR) is 74.1 cm³/mol. The summed E-state index contributed by atoms with van der Waals surface area (Å²) < 4.78 is 61.6. The molecule has 5 nitrogen and oxygen atoms in total. The molecule has 0 amide bonds. The number of rotatable bonds is 2. The molecule has 130 valence electrons. The largest absolute Gasteiger partial charge is 0.419 e. The van der Waals surface area contributed by atoms with Crippen LogP contribution < -0.4 is 5.32 Å². The van der Waals surface area contributed by atoms with Crippen molar-refractivity contribution in [1.82, 2.24) is 0 Å². The molecule has 1 aliphatic rings. The van der Waals surface area contributed by atoms with Gasteiger partial charge in [-0.25, -0.2) is 14.0 Å². The van der Waals surface area contributed by atoms with Crippen molar-refractivity contribution in [3.05, 3.63) is 40.8 Å². The van der Waals surface area contributed by atoms with Crippen LogP contribution in [0, 0.1) is 12.7 Å². The van der Waals surface area contributed by atoms with Gasteiger partial charge < -0.3 is 14.8 Å². The van der Waals surface area contributed by atoms with Crippen LogP contribution >= 0.6 is 0 Å². The molecule has 9 heteroatoms. The fraction of sp³-hybridized carbons (Fsp3) is 0.333. The van der Waals surface area contributed by atoms with E-state index in [0.29, 0.717) is 6.07 Å². The molecule has 0 atom stereocenters. The SMILES string of the molecule is Cc1cc(NC=C2C(=O)OC(C)(C)OC2=O)cc(C(F)(F)F)c1F. The maximum absolute atomic E-state index is 13.6. The third kappa shape index (κ3) is 3.66. The molecule has 0 saturated carbocycles. The second-order valence-electron chi connectivity index (χ2n) is 5.53. The summed E-state index contributed by atoms with van der Waals surface area (Å²) in [6.07, 6.45) is -4.03. The van der Waals surface area contributed by atoms with Crippen molar-refractivity contribution in [2.24, 2.45) is 0 Å². The van der Waals surface area contributed by atoms with Crippen molar-refractivity contribution in [2.75, 3.05) is 5.32 Å². The van der Waals surface area contributed by atoms with Gasteiger partial charge in [0, 0.05) is 25.7 Å². The van der Waals surface area contributed by atoms with E-state index in [9.17, 15) is 27.2 Å². The predicted octanol–water partition coefficient (Wildman–Crippen LogP) is 3.28. The number of nitrogens with one attached hydrogen (secondary N) is 1. The molecule has 1 aromatic carbocycles. The quantitative estimate of drug-likeness (QED) is 0.385. The van der Waals surface area contributed by atoms with Gasteiger partial charge in [-0.2, -0.15) is 13.2 Å². The molecular formula is C15H13F4NO4. The molecule has 0 unspecified atom stereocenters. The van der Waals surface area contributed by atoms with Crippen LogP contribution in [0.5, 0.6) is 0 Å². The van der Waals surface area contributed by atoms with Crippen LogP contribution in [0.25, 0.3) is 0 Å². The van der Waals surface area contributed by atoms with Crippen LogP contribution in [0.4, 0.5) is 23.2 Å². The standard InChI is InChI=1S/C15H13F4NO4/c1-7-4-8(5-10(11(7)16)15(17,18)19)20-6-9-12(21)23-14(2,3)24-13(9)22/h4-6,20H,1-3H3. The van der Waals surface area contributed by atoms with Crippen LogP contribution in [0.2, 0.25) is 0 Å². The van der Waals surface area contributed by atoms with E-state index < -0.39 is 40.9 Å². The Hall–Kier alpha value is -2.58.